The molecule has 0 saturated heterocycles. The zero-order chi connectivity index (χ0) is 14.3. The van der Waals surface area contributed by atoms with Crippen LogP contribution in [0.15, 0.2) is 24.7 Å². The second-order valence-electron chi connectivity index (χ2n) is 3.97. The quantitative estimate of drug-likeness (QED) is 0.711. The van der Waals surface area contributed by atoms with Gasteiger partial charge in [0.05, 0.1) is 5.56 Å². The molecule has 0 fully saturated rings. The molecular weight excluding hydrogens is 273 g/mol. The SMILES string of the molecule is Nc1ncnc2nc(-c3ccc(C(F)(F)F)cn3)[nH]c12. The van der Waals surface area contributed by atoms with Crippen molar-refractivity contribution in [2.45, 2.75) is 6.18 Å². The summed E-state index contributed by atoms with van der Waals surface area (Å²) in [4.78, 5) is 18.4. The molecule has 0 radical (unpaired) electrons. The minimum absolute atomic E-state index is 0.209. The van der Waals surface area contributed by atoms with Gasteiger partial charge in [0.15, 0.2) is 17.3 Å². The Bertz CT molecular complexity index is 762. The molecule has 0 saturated carbocycles. The lowest BCUT2D eigenvalue weighted by Gasteiger charge is -2.05. The van der Waals surface area contributed by atoms with Crippen molar-refractivity contribution < 1.29 is 13.2 Å². The van der Waals surface area contributed by atoms with Crippen LogP contribution in [0.3, 0.4) is 0 Å². The van der Waals surface area contributed by atoms with Crippen molar-refractivity contribution in [3.63, 3.8) is 0 Å². The van der Waals surface area contributed by atoms with Gasteiger partial charge in [0.25, 0.3) is 0 Å². The van der Waals surface area contributed by atoms with Crippen LogP contribution in [0, 0.1) is 0 Å². The second-order valence-corrected chi connectivity index (χ2v) is 3.97. The normalized spacial score (nSPS) is 11.9. The van der Waals surface area contributed by atoms with Gasteiger partial charge in [0, 0.05) is 6.20 Å². The molecule has 3 rings (SSSR count). The lowest BCUT2D eigenvalue weighted by molar-refractivity contribution is -0.137. The third-order valence-electron chi connectivity index (χ3n) is 2.65. The van der Waals surface area contributed by atoms with Crippen LogP contribution in [0.25, 0.3) is 22.7 Å². The molecule has 0 bridgehead atoms. The summed E-state index contributed by atoms with van der Waals surface area (Å²) in [7, 11) is 0. The number of halogens is 3. The molecule has 6 nitrogen and oxygen atoms in total. The number of imidazole rings is 1. The predicted molar refractivity (Wildman–Crippen MR) is 64.3 cm³/mol. The van der Waals surface area contributed by atoms with E-state index >= 15 is 0 Å². The van der Waals surface area contributed by atoms with Crippen LogP contribution in [-0.2, 0) is 6.18 Å². The molecule has 0 spiro atoms. The maximum absolute atomic E-state index is 12.4. The van der Waals surface area contributed by atoms with E-state index in [1.165, 1.54) is 12.4 Å². The molecule has 9 heteroatoms. The molecule has 0 aliphatic heterocycles. The van der Waals surface area contributed by atoms with Crippen molar-refractivity contribution in [2.24, 2.45) is 0 Å². The van der Waals surface area contributed by atoms with Gasteiger partial charge in [-0.1, -0.05) is 0 Å². The third-order valence-corrected chi connectivity index (χ3v) is 2.65. The minimum Gasteiger partial charge on any atom is -0.382 e. The van der Waals surface area contributed by atoms with E-state index in [4.69, 9.17) is 5.73 Å². The van der Waals surface area contributed by atoms with Gasteiger partial charge >= 0.3 is 6.18 Å². The number of nitrogen functional groups attached to an aromatic ring is 1. The van der Waals surface area contributed by atoms with Crippen LogP contribution in [-0.4, -0.2) is 24.9 Å². The number of pyridine rings is 1. The summed E-state index contributed by atoms with van der Waals surface area (Å²) >= 11 is 0. The maximum atomic E-state index is 12.4. The lowest BCUT2D eigenvalue weighted by Crippen LogP contribution is -2.05. The number of aromatic nitrogens is 5. The van der Waals surface area contributed by atoms with Crippen LogP contribution < -0.4 is 5.73 Å². The van der Waals surface area contributed by atoms with Gasteiger partial charge in [0.1, 0.15) is 17.5 Å². The molecular formula is C11H7F3N6. The van der Waals surface area contributed by atoms with Crippen LogP contribution in [0.2, 0.25) is 0 Å². The number of nitrogens with one attached hydrogen (secondary N) is 1. The van der Waals surface area contributed by atoms with Crippen LogP contribution >= 0.6 is 0 Å². The topological polar surface area (TPSA) is 93.4 Å². The molecule has 3 heterocycles. The number of hydrogen-bond acceptors (Lipinski definition) is 5. The number of nitrogens with zero attached hydrogens (tertiary/aromatic N) is 4. The van der Waals surface area contributed by atoms with E-state index in [1.54, 1.807) is 0 Å². The van der Waals surface area contributed by atoms with Crippen LogP contribution in [0.4, 0.5) is 19.0 Å². The number of nitrogens with two attached hydrogens (primary N) is 1. The Balaban J connectivity index is 2.05. The largest absolute Gasteiger partial charge is 0.417 e. The number of H-pyrrole nitrogens is 1. The Morgan fingerprint density at radius 3 is 2.50 bits per heavy atom. The lowest BCUT2D eigenvalue weighted by atomic mass is 10.2. The first-order valence-corrected chi connectivity index (χ1v) is 5.45. The van der Waals surface area contributed by atoms with Crippen LogP contribution in [0.1, 0.15) is 5.56 Å². The Hall–Kier alpha value is -2.71. The average molecular weight is 280 g/mol. The first kappa shape index (κ1) is 12.3. The third kappa shape index (κ3) is 2.02. The van der Waals surface area contributed by atoms with E-state index in [-0.39, 0.29) is 17.3 Å². The second kappa shape index (κ2) is 4.15. The van der Waals surface area contributed by atoms with E-state index in [0.29, 0.717) is 11.2 Å². The summed E-state index contributed by atoms with van der Waals surface area (Å²) in [5, 5.41) is 0. The summed E-state index contributed by atoms with van der Waals surface area (Å²) in [5.41, 5.74) is 5.82. The molecule has 0 amide bonds. The molecule has 20 heavy (non-hydrogen) atoms. The van der Waals surface area contributed by atoms with E-state index in [0.717, 1.165) is 12.3 Å². The fraction of sp³-hybridized carbons (Fsp3) is 0.0909. The van der Waals surface area contributed by atoms with Crippen molar-refractivity contribution in [3.05, 3.63) is 30.2 Å². The first-order valence-electron chi connectivity index (χ1n) is 5.45. The van der Waals surface area contributed by atoms with Crippen molar-refractivity contribution in [1.82, 2.24) is 24.9 Å². The molecule has 0 aromatic carbocycles. The van der Waals surface area contributed by atoms with Crippen molar-refractivity contribution in [2.75, 3.05) is 5.73 Å². The molecule has 0 atom stereocenters. The number of aromatic amines is 1. The molecule has 102 valence electrons. The van der Waals surface area contributed by atoms with Crippen molar-refractivity contribution in [1.29, 1.82) is 0 Å². The summed E-state index contributed by atoms with van der Waals surface area (Å²) in [6, 6.07) is 2.16. The van der Waals surface area contributed by atoms with Gasteiger partial charge < -0.3 is 10.7 Å². The number of fused-ring (bicyclic) bond motifs is 1. The Kier molecular flexibility index (Phi) is 2.56. The van der Waals surface area contributed by atoms with Gasteiger partial charge in [-0.3, -0.25) is 4.98 Å². The Morgan fingerprint density at radius 1 is 1.10 bits per heavy atom. The molecule has 0 unspecified atom stereocenters. The van der Waals surface area contributed by atoms with E-state index in [9.17, 15) is 13.2 Å². The standard InChI is InChI=1S/C11H7F3N6/c12-11(13,14)5-1-2-6(16-3-5)9-19-7-8(15)17-4-18-10(7)20-9/h1-4H,(H3,15,17,18,19,20). The summed E-state index contributed by atoms with van der Waals surface area (Å²) in [6.45, 7) is 0. The summed E-state index contributed by atoms with van der Waals surface area (Å²) in [5.74, 6) is 0.488. The van der Waals surface area contributed by atoms with E-state index in [2.05, 4.69) is 24.9 Å². The fourth-order valence-corrected chi connectivity index (χ4v) is 1.67. The number of rotatable bonds is 1. The van der Waals surface area contributed by atoms with E-state index < -0.39 is 11.7 Å². The molecule has 0 aliphatic rings. The predicted octanol–water partition coefficient (Wildman–Crippen LogP) is 2.02. The highest BCUT2D eigenvalue weighted by Crippen LogP contribution is 2.29. The fourth-order valence-electron chi connectivity index (χ4n) is 1.67. The summed E-state index contributed by atoms with van der Waals surface area (Å²) < 4.78 is 37.3. The summed E-state index contributed by atoms with van der Waals surface area (Å²) in [6.07, 6.45) is -2.42. The maximum Gasteiger partial charge on any atom is 0.417 e. The van der Waals surface area contributed by atoms with Crippen molar-refractivity contribution >= 4 is 17.0 Å². The Labute approximate surface area is 109 Å². The van der Waals surface area contributed by atoms with Gasteiger partial charge in [-0.2, -0.15) is 13.2 Å². The minimum atomic E-state index is -4.42. The zero-order valence-electron chi connectivity index (χ0n) is 9.81. The Morgan fingerprint density at radius 2 is 1.90 bits per heavy atom. The number of hydrogen-bond donors (Lipinski definition) is 2. The van der Waals surface area contributed by atoms with Crippen LogP contribution in [0.5, 0.6) is 0 Å². The van der Waals surface area contributed by atoms with Crippen molar-refractivity contribution in [3.8, 4) is 11.5 Å². The molecule has 0 aliphatic carbocycles. The van der Waals surface area contributed by atoms with Gasteiger partial charge in [-0.05, 0) is 12.1 Å². The molecule has 3 aromatic heterocycles. The molecule has 3 aromatic rings. The highest BCUT2D eigenvalue weighted by Gasteiger charge is 2.30. The number of anilines is 1. The highest BCUT2D eigenvalue weighted by atomic mass is 19.4. The zero-order valence-corrected chi connectivity index (χ0v) is 9.81. The van der Waals surface area contributed by atoms with Gasteiger partial charge in [-0.25, -0.2) is 15.0 Å². The smallest absolute Gasteiger partial charge is 0.382 e. The number of alkyl halides is 3. The monoisotopic (exact) mass is 280 g/mol. The average Bonchev–Trinajstić information content (AvgIpc) is 2.83. The van der Waals surface area contributed by atoms with E-state index in [1.807, 2.05) is 0 Å². The van der Waals surface area contributed by atoms with Gasteiger partial charge in [-0.15, -0.1) is 0 Å². The highest BCUT2D eigenvalue weighted by molar-refractivity contribution is 5.83. The molecule has 3 N–H and O–H groups in total. The first-order chi connectivity index (χ1) is 9.45. The van der Waals surface area contributed by atoms with Gasteiger partial charge in [0.2, 0.25) is 0 Å².